The van der Waals surface area contributed by atoms with Crippen molar-refractivity contribution in [1.82, 2.24) is 0 Å². The topological polar surface area (TPSA) is 103 Å². The molecule has 0 bridgehead atoms. The summed E-state index contributed by atoms with van der Waals surface area (Å²) in [5.74, 6) is 0. The molecule has 0 saturated heterocycles. The third kappa shape index (κ3) is 6.65. The van der Waals surface area contributed by atoms with Crippen molar-refractivity contribution in [3.05, 3.63) is 9.81 Å². The van der Waals surface area contributed by atoms with Crippen molar-refractivity contribution < 1.29 is 9.68 Å². The first-order valence-corrected chi connectivity index (χ1v) is 2.96. The first-order chi connectivity index (χ1) is 5.31. The van der Waals surface area contributed by atoms with E-state index in [0.717, 1.165) is 0 Å². The molecule has 0 heterocycles. The van der Waals surface area contributed by atoms with E-state index in [-0.39, 0.29) is 19.3 Å². The zero-order valence-corrected chi connectivity index (χ0v) is 5.80. The fourth-order valence-electron chi connectivity index (χ4n) is 0.451. The normalized spacial score (nSPS) is 11.7. The predicted molar refractivity (Wildman–Crippen MR) is 36.1 cm³/mol. The molecule has 0 spiro atoms. The van der Waals surface area contributed by atoms with Gasteiger partial charge in [0.25, 0.3) is 0 Å². The molecule has 0 fully saturated rings. The highest BCUT2D eigenvalue weighted by molar-refractivity contribution is 4.57. The standard InChI is InChI=1S/C4H9N3O4/c5-4(3-11-7-9)1-2-10-6-8/h4H,1-3,5H2/t4-/m0/s1. The summed E-state index contributed by atoms with van der Waals surface area (Å²) in [6.07, 6.45) is 0.390. The van der Waals surface area contributed by atoms with Crippen LogP contribution in [0, 0.1) is 9.81 Å². The molecule has 7 nitrogen and oxygen atoms in total. The second kappa shape index (κ2) is 6.87. The highest BCUT2D eigenvalue weighted by atomic mass is 16.7. The number of nitrogens with zero attached hydrogens (tertiary/aromatic N) is 2. The van der Waals surface area contributed by atoms with E-state index in [1.165, 1.54) is 0 Å². The Morgan fingerprint density at radius 2 is 1.91 bits per heavy atom. The van der Waals surface area contributed by atoms with Gasteiger partial charge in [-0.25, -0.2) is 0 Å². The van der Waals surface area contributed by atoms with Crippen molar-refractivity contribution in [3.63, 3.8) is 0 Å². The molecule has 0 aromatic carbocycles. The molecule has 1 atom stereocenters. The number of hydrogen-bond acceptors (Lipinski definition) is 7. The molecule has 0 aliphatic carbocycles. The van der Waals surface area contributed by atoms with E-state index in [2.05, 4.69) is 20.4 Å². The summed E-state index contributed by atoms with van der Waals surface area (Å²) in [5, 5.41) is 4.30. The fraction of sp³-hybridized carbons (Fsp3) is 1.00. The Labute approximate surface area is 62.7 Å². The van der Waals surface area contributed by atoms with E-state index in [1.807, 2.05) is 0 Å². The molecule has 0 saturated carbocycles. The monoisotopic (exact) mass is 163 g/mol. The van der Waals surface area contributed by atoms with Gasteiger partial charge in [0.15, 0.2) is 10.7 Å². The van der Waals surface area contributed by atoms with Crippen molar-refractivity contribution in [3.8, 4) is 0 Å². The maximum atomic E-state index is 9.41. The molecule has 64 valence electrons. The van der Waals surface area contributed by atoms with Crippen LogP contribution in [0.1, 0.15) is 6.42 Å². The number of rotatable bonds is 7. The lowest BCUT2D eigenvalue weighted by atomic mass is 10.2. The summed E-state index contributed by atoms with van der Waals surface area (Å²) >= 11 is 0. The van der Waals surface area contributed by atoms with Gasteiger partial charge in [-0.15, -0.1) is 9.81 Å². The Hall–Kier alpha value is -1.24. The molecule has 0 unspecified atom stereocenters. The maximum Gasteiger partial charge on any atom is 0.155 e. The van der Waals surface area contributed by atoms with Crippen molar-refractivity contribution in [1.29, 1.82) is 0 Å². The maximum absolute atomic E-state index is 9.41. The minimum absolute atomic E-state index is 0.0196. The minimum atomic E-state index is -0.366. The molecule has 0 rings (SSSR count). The number of nitrogens with two attached hydrogens (primary N) is 1. The Morgan fingerprint density at radius 1 is 1.27 bits per heavy atom. The summed E-state index contributed by atoms with van der Waals surface area (Å²) < 4.78 is 0. The van der Waals surface area contributed by atoms with Gasteiger partial charge in [0.1, 0.15) is 13.2 Å². The van der Waals surface area contributed by atoms with Crippen LogP contribution in [0.25, 0.3) is 0 Å². The van der Waals surface area contributed by atoms with E-state index in [1.54, 1.807) is 0 Å². The average Bonchev–Trinajstić information content (AvgIpc) is 2.01. The molecule has 0 aliphatic rings. The van der Waals surface area contributed by atoms with Crippen LogP contribution in [0.3, 0.4) is 0 Å². The Kier molecular flexibility index (Phi) is 6.10. The van der Waals surface area contributed by atoms with Crippen molar-refractivity contribution in [2.24, 2.45) is 16.4 Å². The van der Waals surface area contributed by atoms with Crippen molar-refractivity contribution in [2.75, 3.05) is 13.2 Å². The van der Waals surface area contributed by atoms with Gasteiger partial charge in [0.2, 0.25) is 0 Å². The fourth-order valence-corrected chi connectivity index (χ4v) is 0.451. The number of hydrogen-bond donors (Lipinski definition) is 1. The zero-order valence-electron chi connectivity index (χ0n) is 5.80. The lowest BCUT2D eigenvalue weighted by molar-refractivity contribution is 0.0952. The molecule has 0 aliphatic heterocycles. The smallest absolute Gasteiger partial charge is 0.155 e. The average molecular weight is 163 g/mol. The Morgan fingerprint density at radius 3 is 2.45 bits per heavy atom. The van der Waals surface area contributed by atoms with Crippen LogP contribution in [0.4, 0.5) is 0 Å². The van der Waals surface area contributed by atoms with E-state index in [0.29, 0.717) is 6.42 Å². The van der Waals surface area contributed by atoms with Gasteiger partial charge in [-0.2, -0.15) is 0 Å². The summed E-state index contributed by atoms with van der Waals surface area (Å²) in [6, 6.07) is -0.366. The third-order valence-electron chi connectivity index (χ3n) is 0.974. The van der Waals surface area contributed by atoms with Gasteiger partial charge in [-0.1, -0.05) is 0 Å². The van der Waals surface area contributed by atoms with E-state index < -0.39 is 0 Å². The second-order valence-corrected chi connectivity index (χ2v) is 1.83. The lowest BCUT2D eigenvalue weighted by Gasteiger charge is -2.05. The minimum Gasteiger partial charge on any atom is -0.364 e. The highest BCUT2D eigenvalue weighted by Gasteiger charge is 2.02. The van der Waals surface area contributed by atoms with Crippen LogP contribution < -0.4 is 5.73 Å². The van der Waals surface area contributed by atoms with Crippen LogP contribution in [0.15, 0.2) is 10.7 Å². The molecule has 7 heteroatoms. The van der Waals surface area contributed by atoms with Gasteiger partial charge >= 0.3 is 0 Å². The SMILES string of the molecule is N[C@@H](CCON=O)CON=O. The van der Waals surface area contributed by atoms with Crippen LogP contribution in [-0.4, -0.2) is 19.3 Å². The second-order valence-electron chi connectivity index (χ2n) is 1.83. The van der Waals surface area contributed by atoms with E-state index in [9.17, 15) is 9.81 Å². The van der Waals surface area contributed by atoms with Crippen LogP contribution in [-0.2, 0) is 9.68 Å². The molecule has 0 radical (unpaired) electrons. The van der Waals surface area contributed by atoms with Gasteiger partial charge in [0, 0.05) is 12.5 Å². The molecule has 11 heavy (non-hydrogen) atoms. The molecular weight excluding hydrogens is 154 g/mol. The molecule has 0 aromatic rings. The van der Waals surface area contributed by atoms with Crippen LogP contribution in [0.5, 0.6) is 0 Å². The van der Waals surface area contributed by atoms with Gasteiger partial charge in [-0.3, -0.25) is 0 Å². The summed E-state index contributed by atoms with van der Waals surface area (Å²) in [6.45, 7) is 0.138. The van der Waals surface area contributed by atoms with Gasteiger partial charge < -0.3 is 15.4 Å². The van der Waals surface area contributed by atoms with Crippen LogP contribution in [0.2, 0.25) is 0 Å². The van der Waals surface area contributed by atoms with E-state index >= 15 is 0 Å². The van der Waals surface area contributed by atoms with Gasteiger partial charge in [0.05, 0.1) is 0 Å². The third-order valence-corrected chi connectivity index (χ3v) is 0.974. The predicted octanol–water partition coefficient (Wildman–Crippen LogP) is 0.0998. The largest absolute Gasteiger partial charge is 0.364 e. The van der Waals surface area contributed by atoms with Gasteiger partial charge in [-0.05, 0) is 0 Å². The first-order valence-electron chi connectivity index (χ1n) is 2.96. The Bertz CT molecular complexity index is 120. The van der Waals surface area contributed by atoms with Crippen molar-refractivity contribution in [2.45, 2.75) is 12.5 Å². The van der Waals surface area contributed by atoms with Crippen LogP contribution >= 0.6 is 0 Å². The lowest BCUT2D eigenvalue weighted by Crippen LogP contribution is -2.26. The summed E-state index contributed by atoms with van der Waals surface area (Å²) in [4.78, 5) is 27.0. The Balaban J connectivity index is 3.14. The highest BCUT2D eigenvalue weighted by Crippen LogP contribution is 1.90. The van der Waals surface area contributed by atoms with E-state index in [4.69, 9.17) is 5.73 Å². The molecule has 0 aromatic heterocycles. The summed E-state index contributed by atoms with van der Waals surface area (Å²) in [7, 11) is 0. The van der Waals surface area contributed by atoms with Crippen molar-refractivity contribution >= 4 is 0 Å². The quantitative estimate of drug-likeness (QED) is 0.325. The molecular formula is C4H9N3O4. The molecule has 2 N–H and O–H groups in total. The first kappa shape index (κ1) is 9.76. The zero-order chi connectivity index (χ0) is 8.53. The summed E-state index contributed by atoms with van der Waals surface area (Å²) in [5.41, 5.74) is 5.35. The molecule has 0 amide bonds.